The minimum atomic E-state index is -0.611. The first kappa shape index (κ1) is 16.3. The van der Waals surface area contributed by atoms with Gasteiger partial charge in [-0.15, -0.1) is 11.3 Å². The average molecular weight is 369 g/mol. The molecular formula is C17H15N5O3S. The summed E-state index contributed by atoms with van der Waals surface area (Å²) in [5, 5.41) is 6.05. The lowest BCUT2D eigenvalue weighted by molar-refractivity contribution is -0.118. The molecule has 1 aliphatic rings. The maximum absolute atomic E-state index is 12.5. The molecule has 0 saturated heterocycles. The first-order valence-electron chi connectivity index (χ1n) is 7.89. The summed E-state index contributed by atoms with van der Waals surface area (Å²) in [7, 11) is 0. The maximum atomic E-state index is 12.5. The molecule has 0 saturated carbocycles. The molecule has 26 heavy (non-hydrogen) atoms. The quantitative estimate of drug-likeness (QED) is 0.719. The molecule has 3 N–H and O–H groups in total. The molecule has 0 fully saturated rings. The summed E-state index contributed by atoms with van der Waals surface area (Å²) in [5.41, 5.74) is 7.01. The molecule has 2 aromatic heterocycles. The lowest BCUT2D eigenvalue weighted by Crippen LogP contribution is -2.34. The number of carbonyl (C=O) groups is 1. The van der Waals surface area contributed by atoms with E-state index in [0.29, 0.717) is 6.61 Å². The van der Waals surface area contributed by atoms with Crippen LogP contribution in [0, 0.1) is 0 Å². The number of thiazole rings is 1. The van der Waals surface area contributed by atoms with E-state index in [0.717, 1.165) is 20.7 Å². The summed E-state index contributed by atoms with van der Waals surface area (Å²) >= 11 is 1.57. The fraction of sp³-hybridized carbons (Fsp3) is 0.176. The van der Waals surface area contributed by atoms with Crippen LogP contribution in [0.25, 0.3) is 10.6 Å². The van der Waals surface area contributed by atoms with Crippen LogP contribution >= 0.6 is 11.3 Å². The second-order valence-corrected chi connectivity index (χ2v) is 6.69. The number of primary amides is 1. The van der Waals surface area contributed by atoms with E-state index in [1.54, 1.807) is 17.5 Å². The fourth-order valence-electron chi connectivity index (χ4n) is 2.77. The normalized spacial score (nSPS) is 15.6. The van der Waals surface area contributed by atoms with Gasteiger partial charge in [-0.3, -0.25) is 14.2 Å². The number of aromatic nitrogens is 3. The Balaban J connectivity index is 1.60. The summed E-state index contributed by atoms with van der Waals surface area (Å²) < 4.78 is 6.78. The molecule has 0 radical (unpaired) electrons. The van der Waals surface area contributed by atoms with Crippen molar-refractivity contribution in [2.75, 3.05) is 11.9 Å². The van der Waals surface area contributed by atoms with Gasteiger partial charge in [0.1, 0.15) is 24.5 Å². The number of rotatable bonds is 4. The zero-order chi connectivity index (χ0) is 18.1. The van der Waals surface area contributed by atoms with Crippen molar-refractivity contribution in [3.63, 3.8) is 0 Å². The van der Waals surface area contributed by atoms with Crippen LogP contribution in [0.15, 0.2) is 47.0 Å². The van der Waals surface area contributed by atoms with E-state index in [1.807, 2.05) is 29.6 Å². The SMILES string of the molecule is NC(=O)Cn1cnc2c(c1=O)NC(c1ccc(-c3nccs3)cc1)CO2. The van der Waals surface area contributed by atoms with Gasteiger partial charge in [-0.2, -0.15) is 0 Å². The molecule has 1 atom stereocenters. The van der Waals surface area contributed by atoms with Gasteiger partial charge in [-0.1, -0.05) is 24.3 Å². The van der Waals surface area contributed by atoms with Crippen molar-refractivity contribution in [3.05, 3.63) is 58.1 Å². The monoisotopic (exact) mass is 369 g/mol. The maximum Gasteiger partial charge on any atom is 0.281 e. The van der Waals surface area contributed by atoms with Crippen LogP contribution in [0.2, 0.25) is 0 Å². The predicted octanol–water partition coefficient (Wildman–Crippen LogP) is 1.40. The standard InChI is InChI=1S/C17H15N5O3S/c18-13(23)7-22-9-20-15-14(17(22)24)21-12(8-25-15)10-1-3-11(4-2-10)16-19-5-6-26-16/h1-6,9,12,21H,7-8H2,(H2,18,23). The van der Waals surface area contributed by atoms with Gasteiger partial charge in [-0.25, -0.2) is 9.97 Å². The van der Waals surface area contributed by atoms with Crippen LogP contribution in [-0.4, -0.2) is 27.0 Å². The zero-order valence-electron chi connectivity index (χ0n) is 13.6. The van der Waals surface area contributed by atoms with Gasteiger partial charge in [-0.05, 0) is 5.56 Å². The van der Waals surface area contributed by atoms with Crippen LogP contribution in [0.1, 0.15) is 11.6 Å². The molecule has 1 unspecified atom stereocenters. The molecule has 8 nitrogen and oxygen atoms in total. The number of anilines is 1. The molecule has 3 heterocycles. The lowest BCUT2D eigenvalue weighted by atomic mass is 10.0. The number of hydrogen-bond acceptors (Lipinski definition) is 7. The fourth-order valence-corrected chi connectivity index (χ4v) is 3.41. The van der Waals surface area contributed by atoms with Crippen molar-refractivity contribution < 1.29 is 9.53 Å². The van der Waals surface area contributed by atoms with E-state index in [9.17, 15) is 9.59 Å². The zero-order valence-corrected chi connectivity index (χ0v) is 14.4. The molecule has 1 aliphatic heterocycles. The van der Waals surface area contributed by atoms with Crippen LogP contribution in [0.3, 0.4) is 0 Å². The van der Waals surface area contributed by atoms with Gasteiger partial charge >= 0.3 is 0 Å². The van der Waals surface area contributed by atoms with E-state index in [-0.39, 0.29) is 24.2 Å². The van der Waals surface area contributed by atoms with E-state index in [2.05, 4.69) is 15.3 Å². The Morgan fingerprint density at radius 3 is 2.85 bits per heavy atom. The number of nitrogens with zero attached hydrogens (tertiary/aromatic N) is 3. The predicted molar refractivity (Wildman–Crippen MR) is 97.1 cm³/mol. The van der Waals surface area contributed by atoms with Crippen LogP contribution < -0.4 is 21.3 Å². The minimum Gasteiger partial charge on any atom is -0.473 e. The number of carbonyl (C=O) groups excluding carboxylic acids is 1. The third-order valence-corrected chi connectivity index (χ3v) is 4.85. The van der Waals surface area contributed by atoms with Crippen molar-refractivity contribution in [2.45, 2.75) is 12.6 Å². The van der Waals surface area contributed by atoms with Crippen LogP contribution in [0.5, 0.6) is 5.88 Å². The Morgan fingerprint density at radius 1 is 1.35 bits per heavy atom. The highest BCUT2D eigenvalue weighted by atomic mass is 32.1. The van der Waals surface area contributed by atoms with Crippen molar-refractivity contribution in [3.8, 4) is 16.5 Å². The van der Waals surface area contributed by atoms with Crippen LogP contribution in [-0.2, 0) is 11.3 Å². The van der Waals surface area contributed by atoms with E-state index in [1.165, 1.54) is 6.33 Å². The van der Waals surface area contributed by atoms with E-state index < -0.39 is 11.5 Å². The summed E-state index contributed by atoms with van der Waals surface area (Å²) in [6.07, 6.45) is 3.03. The highest BCUT2D eigenvalue weighted by Gasteiger charge is 2.25. The molecule has 0 bridgehead atoms. The Morgan fingerprint density at radius 2 is 2.15 bits per heavy atom. The van der Waals surface area contributed by atoms with Crippen molar-refractivity contribution in [1.82, 2.24) is 14.5 Å². The Kier molecular flexibility index (Phi) is 4.13. The van der Waals surface area contributed by atoms with Gasteiger partial charge in [0.2, 0.25) is 11.8 Å². The van der Waals surface area contributed by atoms with Crippen molar-refractivity contribution in [1.29, 1.82) is 0 Å². The van der Waals surface area contributed by atoms with E-state index >= 15 is 0 Å². The van der Waals surface area contributed by atoms with Crippen molar-refractivity contribution in [2.24, 2.45) is 5.73 Å². The van der Waals surface area contributed by atoms with Gasteiger partial charge in [0, 0.05) is 17.1 Å². The number of fused-ring (bicyclic) bond motifs is 1. The topological polar surface area (TPSA) is 112 Å². The van der Waals surface area contributed by atoms with E-state index in [4.69, 9.17) is 10.5 Å². The molecule has 132 valence electrons. The molecule has 1 amide bonds. The second-order valence-electron chi connectivity index (χ2n) is 5.79. The highest BCUT2D eigenvalue weighted by molar-refractivity contribution is 7.13. The molecule has 1 aromatic carbocycles. The van der Waals surface area contributed by atoms with Crippen molar-refractivity contribution >= 4 is 22.9 Å². The molecular weight excluding hydrogens is 354 g/mol. The molecule has 0 spiro atoms. The molecule has 0 aliphatic carbocycles. The number of ether oxygens (including phenoxy) is 1. The minimum absolute atomic E-state index is 0.202. The summed E-state index contributed by atoms with van der Waals surface area (Å²) in [5.74, 6) is -0.383. The van der Waals surface area contributed by atoms with Gasteiger partial charge < -0.3 is 15.8 Å². The number of amides is 1. The Labute approximate surface area is 152 Å². The second kappa shape index (κ2) is 6.60. The van der Waals surface area contributed by atoms with Crippen LogP contribution in [0.4, 0.5) is 5.69 Å². The van der Waals surface area contributed by atoms with Gasteiger partial charge in [0.05, 0.1) is 6.04 Å². The highest BCUT2D eigenvalue weighted by Crippen LogP contribution is 2.30. The first-order valence-corrected chi connectivity index (χ1v) is 8.76. The number of hydrogen-bond donors (Lipinski definition) is 2. The number of nitrogens with one attached hydrogen (secondary N) is 1. The number of nitrogens with two attached hydrogens (primary N) is 1. The summed E-state index contributed by atoms with van der Waals surface area (Å²) in [4.78, 5) is 31.9. The smallest absolute Gasteiger partial charge is 0.281 e. The first-order chi connectivity index (χ1) is 12.6. The average Bonchev–Trinajstić information content (AvgIpc) is 3.18. The molecule has 3 aromatic rings. The number of benzene rings is 1. The summed E-state index contributed by atoms with van der Waals surface area (Å²) in [6, 6.07) is 7.72. The molecule has 9 heteroatoms. The third-order valence-electron chi connectivity index (χ3n) is 4.03. The van der Waals surface area contributed by atoms with Gasteiger partial charge in [0.25, 0.3) is 5.56 Å². The third kappa shape index (κ3) is 3.04. The largest absolute Gasteiger partial charge is 0.473 e. The Hall–Kier alpha value is -3.20. The Bertz CT molecular complexity index is 998. The molecule has 4 rings (SSSR count). The summed E-state index contributed by atoms with van der Waals surface area (Å²) in [6.45, 7) is 0.115. The van der Waals surface area contributed by atoms with Gasteiger partial charge in [0.15, 0.2) is 5.69 Å². The lowest BCUT2D eigenvalue weighted by Gasteiger charge is -2.26.